The van der Waals surface area contributed by atoms with Crippen molar-refractivity contribution >= 4 is 50.9 Å². The summed E-state index contributed by atoms with van der Waals surface area (Å²) in [6.07, 6.45) is 0. The van der Waals surface area contributed by atoms with Crippen molar-refractivity contribution in [2.24, 2.45) is 5.73 Å². The monoisotopic (exact) mass is 441 g/mol. The highest BCUT2D eigenvalue weighted by molar-refractivity contribution is 7.99. The molecule has 152 valence electrons. The van der Waals surface area contributed by atoms with Gasteiger partial charge in [0.15, 0.2) is 11.0 Å². The molecule has 11 heteroatoms. The van der Waals surface area contributed by atoms with E-state index in [2.05, 4.69) is 15.5 Å². The second-order valence-corrected chi connectivity index (χ2v) is 8.10. The van der Waals surface area contributed by atoms with Crippen molar-refractivity contribution < 1.29 is 14.1 Å². The van der Waals surface area contributed by atoms with Crippen LogP contribution in [0, 0.1) is 6.92 Å². The molecule has 9 nitrogen and oxygen atoms in total. The Morgan fingerprint density at radius 3 is 2.70 bits per heavy atom. The van der Waals surface area contributed by atoms with Crippen LogP contribution in [-0.4, -0.2) is 32.3 Å². The second kappa shape index (κ2) is 8.13. The van der Waals surface area contributed by atoms with E-state index in [0.717, 1.165) is 11.8 Å². The summed E-state index contributed by atoms with van der Waals surface area (Å²) < 4.78 is 6.84. The fraction of sp³-hybridized carbons (Fsp3) is 0.105. The first kappa shape index (κ1) is 19.9. The third-order valence-corrected chi connectivity index (χ3v) is 5.92. The molecular formula is C19H15N5O4S2. The summed E-state index contributed by atoms with van der Waals surface area (Å²) in [4.78, 5) is 41.2. The number of benzene rings is 1. The molecular weight excluding hydrogens is 426 g/mol. The largest absolute Gasteiger partial charge is 0.366 e. The van der Waals surface area contributed by atoms with Gasteiger partial charge in [0, 0.05) is 11.6 Å². The molecule has 4 rings (SSSR count). The molecule has 0 saturated heterocycles. The van der Waals surface area contributed by atoms with Crippen LogP contribution in [0.15, 0.2) is 56.3 Å². The van der Waals surface area contributed by atoms with Gasteiger partial charge in [-0.2, -0.15) is 0 Å². The lowest BCUT2D eigenvalue weighted by Crippen LogP contribution is -2.22. The normalized spacial score (nSPS) is 11.0. The molecule has 0 aliphatic rings. The number of nitrogens with one attached hydrogen (secondary N) is 1. The number of fused-ring (bicyclic) bond motifs is 1. The van der Waals surface area contributed by atoms with Gasteiger partial charge in [0.1, 0.15) is 10.5 Å². The molecule has 0 aliphatic heterocycles. The van der Waals surface area contributed by atoms with Gasteiger partial charge >= 0.3 is 0 Å². The Kier molecular flexibility index (Phi) is 5.38. The van der Waals surface area contributed by atoms with Crippen molar-refractivity contribution in [3.8, 4) is 5.69 Å². The van der Waals surface area contributed by atoms with E-state index in [1.54, 1.807) is 36.6 Å². The second-order valence-electron chi connectivity index (χ2n) is 6.24. The van der Waals surface area contributed by atoms with E-state index >= 15 is 0 Å². The highest BCUT2D eigenvalue weighted by Gasteiger charge is 2.16. The molecule has 2 amide bonds. The molecule has 0 fully saturated rings. The third kappa shape index (κ3) is 3.98. The lowest BCUT2D eigenvalue weighted by molar-refractivity contribution is -0.113. The highest BCUT2D eigenvalue weighted by Crippen LogP contribution is 2.24. The summed E-state index contributed by atoms with van der Waals surface area (Å²) >= 11 is 2.40. The first-order chi connectivity index (χ1) is 14.4. The molecule has 0 aliphatic carbocycles. The van der Waals surface area contributed by atoms with Crippen LogP contribution in [0.5, 0.6) is 0 Å². The summed E-state index contributed by atoms with van der Waals surface area (Å²) in [5.74, 6) is 0.0288. The van der Waals surface area contributed by atoms with E-state index in [0.29, 0.717) is 38.2 Å². The van der Waals surface area contributed by atoms with E-state index in [1.807, 2.05) is 0 Å². The van der Waals surface area contributed by atoms with Gasteiger partial charge in [-0.25, -0.2) is 4.98 Å². The average molecular weight is 441 g/mol. The minimum absolute atomic E-state index is 0.00730. The SMILES string of the molecule is Cc1cc(NC(=O)CSc2nc3ccsc3c(=O)n2-c2ccc(C(N)=O)cc2)no1. The van der Waals surface area contributed by atoms with Crippen LogP contribution in [0.3, 0.4) is 0 Å². The molecule has 4 aromatic rings. The number of carbonyl (C=O) groups excluding carboxylic acids is 2. The number of aromatic nitrogens is 3. The Hall–Kier alpha value is -3.44. The van der Waals surface area contributed by atoms with E-state index in [4.69, 9.17) is 10.3 Å². The number of amides is 2. The number of thiophene rings is 1. The van der Waals surface area contributed by atoms with Crippen LogP contribution in [-0.2, 0) is 4.79 Å². The lowest BCUT2D eigenvalue weighted by Gasteiger charge is -2.12. The molecule has 3 aromatic heterocycles. The van der Waals surface area contributed by atoms with Crippen molar-refractivity contribution in [2.45, 2.75) is 12.1 Å². The van der Waals surface area contributed by atoms with Gasteiger partial charge in [0.2, 0.25) is 11.8 Å². The minimum Gasteiger partial charge on any atom is -0.366 e. The van der Waals surface area contributed by atoms with Gasteiger partial charge < -0.3 is 15.6 Å². The van der Waals surface area contributed by atoms with Gasteiger partial charge in [-0.3, -0.25) is 19.0 Å². The van der Waals surface area contributed by atoms with Crippen molar-refractivity contribution in [1.82, 2.24) is 14.7 Å². The molecule has 3 N–H and O–H groups in total. The molecule has 0 saturated carbocycles. The zero-order valence-electron chi connectivity index (χ0n) is 15.6. The van der Waals surface area contributed by atoms with Crippen LogP contribution in [0.2, 0.25) is 0 Å². The Balaban J connectivity index is 1.66. The van der Waals surface area contributed by atoms with E-state index in [9.17, 15) is 14.4 Å². The van der Waals surface area contributed by atoms with Gasteiger partial charge in [0.05, 0.1) is 17.0 Å². The number of nitrogens with zero attached hydrogens (tertiary/aromatic N) is 3. The van der Waals surface area contributed by atoms with E-state index in [1.165, 1.54) is 28.0 Å². The first-order valence-electron chi connectivity index (χ1n) is 8.69. The smallest absolute Gasteiger partial charge is 0.276 e. The molecule has 3 heterocycles. The number of rotatable bonds is 6. The molecule has 30 heavy (non-hydrogen) atoms. The Morgan fingerprint density at radius 2 is 2.03 bits per heavy atom. The molecule has 0 bridgehead atoms. The molecule has 0 radical (unpaired) electrons. The van der Waals surface area contributed by atoms with Crippen LogP contribution in [0.1, 0.15) is 16.1 Å². The predicted molar refractivity (Wildman–Crippen MR) is 114 cm³/mol. The zero-order chi connectivity index (χ0) is 21.3. The summed E-state index contributed by atoms with van der Waals surface area (Å²) in [5, 5.41) is 8.49. The maximum Gasteiger partial charge on any atom is 0.276 e. The molecule has 0 spiro atoms. The molecule has 1 aromatic carbocycles. The Bertz CT molecular complexity index is 1310. The topological polar surface area (TPSA) is 133 Å². The fourth-order valence-corrected chi connectivity index (χ4v) is 4.30. The number of carbonyl (C=O) groups is 2. The summed E-state index contributed by atoms with van der Waals surface area (Å²) in [5.41, 5.74) is 6.44. The summed E-state index contributed by atoms with van der Waals surface area (Å²) in [7, 11) is 0. The third-order valence-electron chi connectivity index (χ3n) is 4.09. The molecule has 0 unspecified atom stereocenters. The van der Waals surface area contributed by atoms with Crippen LogP contribution in [0.4, 0.5) is 5.82 Å². The standard InChI is InChI=1S/C19H15N5O4S2/c1-10-8-14(23-28-10)22-15(25)9-30-19-21-13-6-7-29-16(13)18(27)24(19)12-4-2-11(3-5-12)17(20)26/h2-8H,9H2,1H3,(H2,20,26)(H,22,23,25). The Labute approximate surface area is 177 Å². The van der Waals surface area contributed by atoms with Crippen molar-refractivity contribution in [3.05, 3.63) is 63.5 Å². The average Bonchev–Trinajstić information content (AvgIpc) is 3.35. The minimum atomic E-state index is -0.560. The zero-order valence-corrected chi connectivity index (χ0v) is 17.3. The highest BCUT2D eigenvalue weighted by atomic mass is 32.2. The quantitative estimate of drug-likeness (QED) is 0.347. The Morgan fingerprint density at radius 1 is 1.27 bits per heavy atom. The number of primary amides is 1. The number of anilines is 1. The number of hydrogen-bond donors (Lipinski definition) is 2. The molecule has 0 atom stereocenters. The predicted octanol–water partition coefficient (Wildman–Crippen LogP) is 2.57. The first-order valence-corrected chi connectivity index (χ1v) is 10.6. The van der Waals surface area contributed by atoms with Crippen LogP contribution in [0.25, 0.3) is 15.9 Å². The van der Waals surface area contributed by atoms with Gasteiger partial charge in [0.25, 0.3) is 5.56 Å². The fourth-order valence-electron chi connectivity index (χ4n) is 2.73. The van der Waals surface area contributed by atoms with Gasteiger partial charge in [-0.05, 0) is 42.6 Å². The van der Waals surface area contributed by atoms with E-state index in [-0.39, 0.29) is 17.2 Å². The van der Waals surface area contributed by atoms with Gasteiger partial charge in [-0.15, -0.1) is 11.3 Å². The van der Waals surface area contributed by atoms with E-state index < -0.39 is 5.91 Å². The summed E-state index contributed by atoms with van der Waals surface area (Å²) in [6, 6.07) is 9.67. The maximum atomic E-state index is 13.1. The van der Waals surface area contributed by atoms with Crippen molar-refractivity contribution in [2.75, 3.05) is 11.1 Å². The van der Waals surface area contributed by atoms with Gasteiger partial charge in [-0.1, -0.05) is 16.9 Å². The lowest BCUT2D eigenvalue weighted by atomic mass is 10.2. The summed E-state index contributed by atoms with van der Waals surface area (Å²) in [6.45, 7) is 1.72. The number of aryl methyl sites for hydroxylation is 1. The van der Waals surface area contributed by atoms with Crippen molar-refractivity contribution in [1.29, 1.82) is 0 Å². The number of nitrogens with two attached hydrogens (primary N) is 1. The van der Waals surface area contributed by atoms with Crippen LogP contribution < -0.4 is 16.6 Å². The number of thioether (sulfide) groups is 1. The maximum absolute atomic E-state index is 13.1. The van der Waals surface area contributed by atoms with Crippen LogP contribution >= 0.6 is 23.1 Å². The van der Waals surface area contributed by atoms with Crippen molar-refractivity contribution in [3.63, 3.8) is 0 Å². The number of hydrogen-bond acceptors (Lipinski definition) is 8.